The number of hydrogen-bond donors (Lipinski definition) is 1. The van der Waals surface area contributed by atoms with Crippen LogP contribution in [0.5, 0.6) is 11.5 Å². The molecule has 51 heavy (non-hydrogen) atoms. The fourth-order valence-electron chi connectivity index (χ4n) is 6.84. The highest BCUT2D eigenvalue weighted by atomic mass is 19.1. The molecule has 5 aromatic rings. The molecule has 11 heteroatoms. The Bertz CT molecular complexity index is 2210. The summed E-state index contributed by atoms with van der Waals surface area (Å²) in [5.41, 5.74) is 0.850. The number of nitrogens with one attached hydrogen (secondary N) is 1. The summed E-state index contributed by atoms with van der Waals surface area (Å²) in [4.78, 5) is 46.8. The molecule has 1 saturated heterocycles. The van der Waals surface area contributed by atoms with Gasteiger partial charge in [-0.15, -0.1) is 0 Å². The zero-order valence-corrected chi connectivity index (χ0v) is 29.5. The number of anilines is 1. The van der Waals surface area contributed by atoms with E-state index in [4.69, 9.17) is 9.47 Å². The first-order valence-corrected chi connectivity index (χ1v) is 17.2. The first-order chi connectivity index (χ1) is 24.4. The normalized spacial score (nSPS) is 15.2. The number of carbonyl (C=O) groups is 2. The zero-order chi connectivity index (χ0) is 36.0. The van der Waals surface area contributed by atoms with Gasteiger partial charge in [-0.05, 0) is 75.8 Å². The van der Waals surface area contributed by atoms with Crippen molar-refractivity contribution in [3.8, 4) is 17.2 Å². The highest BCUT2D eigenvalue weighted by molar-refractivity contribution is 6.02. The Hall–Kier alpha value is -5.42. The van der Waals surface area contributed by atoms with Crippen LogP contribution >= 0.6 is 0 Å². The van der Waals surface area contributed by atoms with E-state index in [1.807, 2.05) is 90.6 Å². The van der Waals surface area contributed by atoms with E-state index in [2.05, 4.69) is 5.32 Å². The summed E-state index contributed by atoms with van der Waals surface area (Å²) < 4.78 is 30.3. The van der Waals surface area contributed by atoms with Gasteiger partial charge in [0.1, 0.15) is 22.4 Å². The number of likely N-dealkylation sites (N-methyl/N-ethyl adjacent to an activating group) is 1. The van der Waals surface area contributed by atoms with Crippen molar-refractivity contribution in [2.75, 3.05) is 45.2 Å². The lowest BCUT2D eigenvalue weighted by Crippen LogP contribution is -2.40. The van der Waals surface area contributed by atoms with Crippen LogP contribution < -0.4 is 20.4 Å². The SMILES string of the molecule is CN(C)CCN(Cc1ccccc1)C(=O)c1cn2c3c(c(N4CCC(NC(=O)OC(C)(C)C)C4)c(F)cc3c1=O)Oc1cc3ccccc3cc1-2. The summed E-state index contributed by atoms with van der Waals surface area (Å²) in [6, 6.07) is 22.2. The number of halogens is 1. The lowest BCUT2D eigenvalue weighted by molar-refractivity contribution is 0.0508. The Morgan fingerprint density at radius 1 is 1.00 bits per heavy atom. The molecule has 4 aromatic carbocycles. The molecule has 10 nitrogen and oxygen atoms in total. The van der Waals surface area contributed by atoms with Crippen molar-refractivity contribution >= 4 is 39.4 Å². The van der Waals surface area contributed by atoms with Crippen LogP contribution in [0.25, 0.3) is 27.4 Å². The lowest BCUT2D eigenvalue weighted by Gasteiger charge is -2.30. The summed E-state index contributed by atoms with van der Waals surface area (Å²) in [6.45, 7) is 7.41. The fraction of sp³-hybridized carbons (Fsp3) is 0.325. The predicted molar refractivity (Wildman–Crippen MR) is 197 cm³/mol. The summed E-state index contributed by atoms with van der Waals surface area (Å²) >= 11 is 0. The van der Waals surface area contributed by atoms with Gasteiger partial charge in [-0.3, -0.25) is 9.59 Å². The molecule has 0 radical (unpaired) electrons. The third-order valence-corrected chi connectivity index (χ3v) is 9.25. The Morgan fingerprint density at radius 3 is 2.41 bits per heavy atom. The highest BCUT2D eigenvalue weighted by Crippen LogP contribution is 2.48. The molecule has 0 spiro atoms. The molecule has 1 fully saturated rings. The van der Waals surface area contributed by atoms with Crippen LogP contribution in [-0.4, -0.2) is 78.3 Å². The Kier molecular flexibility index (Phi) is 8.93. The number of hydrogen-bond acceptors (Lipinski definition) is 7. The molecule has 3 heterocycles. The highest BCUT2D eigenvalue weighted by Gasteiger charge is 2.35. The number of ether oxygens (including phenoxy) is 2. The van der Waals surface area contributed by atoms with Gasteiger partial charge in [0.2, 0.25) is 5.43 Å². The Labute approximate surface area is 296 Å². The maximum Gasteiger partial charge on any atom is 0.407 e. The number of alkyl carbamates (subject to hydrolysis) is 1. The van der Waals surface area contributed by atoms with E-state index in [1.54, 1.807) is 36.4 Å². The van der Waals surface area contributed by atoms with Crippen LogP contribution in [0.3, 0.4) is 0 Å². The van der Waals surface area contributed by atoms with Gasteiger partial charge in [0.25, 0.3) is 5.91 Å². The minimum Gasteiger partial charge on any atom is -0.451 e. The molecule has 0 bridgehead atoms. The molecule has 0 saturated carbocycles. The number of nitrogens with zero attached hydrogens (tertiary/aromatic N) is 4. The van der Waals surface area contributed by atoms with E-state index in [1.165, 1.54) is 6.07 Å². The molecule has 264 valence electrons. The summed E-state index contributed by atoms with van der Waals surface area (Å²) in [6.07, 6.45) is 1.60. The largest absolute Gasteiger partial charge is 0.451 e. The predicted octanol–water partition coefficient (Wildman–Crippen LogP) is 6.70. The van der Waals surface area contributed by atoms with Gasteiger partial charge < -0.3 is 34.1 Å². The van der Waals surface area contributed by atoms with Crippen molar-refractivity contribution in [1.82, 2.24) is 19.7 Å². The molecular formula is C40H42FN5O5. The van der Waals surface area contributed by atoms with Crippen LogP contribution in [0.2, 0.25) is 0 Å². The van der Waals surface area contributed by atoms with Gasteiger partial charge in [0.15, 0.2) is 17.3 Å². The maximum absolute atomic E-state index is 16.5. The topological polar surface area (TPSA) is 96.4 Å². The van der Waals surface area contributed by atoms with Gasteiger partial charge in [0.05, 0.1) is 17.1 Å². The second-order valence-corrected chi connectivity index (χ2v) is 14.5. The second kappa shape index (κ2) is 13.4. The third kappa shape index (κ3) is 6.86. The van der Waals surface area contributed by atoms with Gasteiger partial charge in [-0.25, -0.2) is 9.18 Å². The van der Waals surface area contributed by atoms with E-state index in [0.29, 0.717) is 56.1 Å². The third-order valence-electron chi connectivity index (χ3n) is 9.25. The number of fused-ring (bicyclic) bond motifs is 3. The van der Waals surface area contributed by atoms with Crippen LogP contribution in [0, 0.1) is 5.82 Å². The van der Waals surface area contributed by atoms with Gasteiger partial charge in [0, 0.05) is 38.9 Å². The van der Waals surface area contributed by atoms with Crippen molar-refractivity contribution in [3.05, 3.63) is 106 Å². The number of rotatable bonds is 8. The minimum absolute atomic E-state index is 0.0470. The molecular weight excluding hydrogens is 649 g/mol. The summed E-state index contributed by atoms with van der Waals surface area (Å²) in [7, 11) is 3.86. The van der Waals surface area contributed by atoms with Crippen LogP contribution in [-0.2, 0) is 11.3 Å². The van der Waals surface area contributed by atoms with E-state index in [9.17, 15) is 14.4 Å². The smallest absolute Gasteiger partial charge is 0.407 e. The lowest BCUT2D eigenvalue weighted by atomic mass is 10.0. The molecule has 2 amide bonds. The fourth-order valence-corrected chi connectivity index (χ4v) is 6.84. The Morgan fingerprint density at radius 2 is 1.71 bits per heavy atom. The minimum atomic E-state index is -0.656. The Balaban J connectivity index is 1.35. The van der Waals surface area contributed by atoms with Crippen LogP contribution in [0.4, 0.5) is 14.9 Å². The average molecular weight is 692 g/mol. The van der Waals surface area contributed by atoms with E-state index in [-0.39, 0.29) is 28.4 Å². The van der Waals surface area contributed by atoms with Crippen molar-refractivity contribution < 1.29 is 23.5 Å². The van der Waals surface area contributed by atoms with Crippen molar-refractivity contribution in [2.24, 2.45) is 0 Å². The molecule has 2 aliphatic heterocycles. The first kappa shape index (κ1) is 34.0. The van der Waals surface area contributed by atoms with Gasteiger partial charge in [-0.1, -0.05) is 54.6 Å². The molecule has 2 aliphatic rings. The molecule has 1 unspecified atom stereocenters. The summed E-state index contributed by atoms with van der Waals surface area (Å²) in [5, 5.41) is 4.81. The monoisotopic (exact) mass is 691 g/mol. The van der Waals surface area contributed by atoms with Crippen LogP contribution in [0.15, 0.2) is 83.8 Å². The molecule has 1 N–H and O–H groups in total. The zero-order valence-electron chi connectivity index (χ0n) is 29.5. The molecule has 1 atom stereocenters. The van der Waals surface area contributed by atoms with E-state index in [0.717, 1.165) is 16.3 Å². The van der Waals surface area contributed by atoms with Gasteiger partial charge >= 0.3 is 6.09 Å². The second-order valence-electron chi connectivity index (χ2n) is 14.5. The van der Waals surface area contributed by atoms with E-state index >= 15 is 4.39 Å². The first-order valence-electron chi connectivity index (χ1n) is 17.2. The maximum atomic E-state index is 16.5. The molecule has 1 aromatic heterocycles. The standard InChI is InChI=1S/C40H42FN5O5/c1-40(2,3)51-39(49)42-28-15-16-44(23-28)35-31(41)21-29-34-37(35)50-33-20-27-14-10-9-13-26(27)19-32(33)46(34)24-30(36(29)47)38(48)45(18-17-43(4)5)22-25-11-7-6-8-12-25/h6-14,19-21,24,28H,15-18,22-23H2,1-5H3,(H,42,49). The summed E-state index contributed by atoms with van der Waals surface area (Å²) in [5.74, 6) is -0.434. The molecule has 0 aliphatic carbocycles. The van der Waals surface area contributed by atoms with Crippen molar-refractivity contribution in [2.45, 2.75) is 45.4 Å². The quantitative estimate of drug-likeness (QED) is 0.190. The van der Waals surface area contributed by atoms with Gasteiger partial charge in [-0.2, -0.15) is 0 Å². The number of benzene rings is 4. The molecule has 7 rings (SSSR count). The number of aromatic nitrogens is 1. The number of carbonyl (C=O) groups excluding carboxylic acids is 2. The van der Waals surface area contributed by atoms with E-state index < -0.39 is 28.8 Å². The van der Waals surface area contributed by atoms with Crippen LogP contribution in [0.1, 0.15) is 43.1 Å². The van der Waals surface area contributed by atoms with Crippen molar-refractivity contribution in [3.63, 3.8) is 0 Å². The number of amides is 2. The number of pyridine rings is 1. The average Bonchev–Trinajstić information content (AvgIpc) is 3.53. The van der Waals surface area contributed by atoms with Crippen molar-refractivity contribution in [1.29, 1.82) is 0 Å².